The van der Waals surface area contributed by atoms with Gasteiger partial charge >= 0.3 is 5.97 Å². The molecule has 0 bridgehead atoms. The summed E-state index contributed by atoms with van der Waals surface area (Å²) >= 11 is 0. The second-order valence-electron chi connectivity index (χ2n) is 3.42. The molecule has 0 spiro atoms. The van der Waals surface area contributed by atoms with Crippen molar-refractivity contribution in [3.8, 4) is 0 Å². The Morgan fingerprint density at radius 3 is 3.36 bits per heavy atom. The van der Waals surface area contributed by atoms with Crippen LogP contribution >= 0.6 is 0 Å². The number of hydrogen-bond donors (Lipinski definition) is 0. The Morgan fingerprint density at radius 1 is 1.71 bits per heavy atom. The number of pyridine rings is 1. The van der Waals surface area contributed by atoms with Crippen LogP contribution in [0.4, 0.5) is 0 Å². The summed E-state index contributed by atoms with van der Waals surface area (Å²) < 4.78 is 5.02. The number of carbonyl (C=O) groups excluding carboxylic acids is 1. The van der Waals surface area contributed by atoms with Gasteiger partial charge in [-0.05, 0) is 37.0 Å². The summed E-state index contributed by atoms with van der Waals surface area (Å²) in [5.74, 6) is -0.196. The zero-order valence-electron chi connectivity index (χ0n) is 8.19. The first-order chi connectivity index (χ1) is 6.83. The topological polar surface area (TPSA) is 39.2 Å². The monoisotopic (exact) mass is 191 g/mol. The van der Waals surface area contributed by atoms with Crippen molar-refractivity contribution >= 4 is 5.97 Å². The summed E-state index contributed by atoms with van der Waals surface area (Å²) in [7, 11) is 0. The predicted octanol–water partition coefficient (Wildman–Crippen LogP) is 1.67. The van der Waals surface area contributed by atoms with Gasteiger partial charge in [0.1, 0.15) is 0 Å². The average Bonchev–Trinajstić information content (AvgIpc) is 2.61. The zero-order chi connectivity index (χ0) is 9.97. The molecular weight excluding hydrogens is 178 g/mol. The van der Waals surface area contributed by atoms with Crippen LogP contribution in [0.25, 0.3) is 0 Å². The van der Waals surface area contributed by atoms with Gasteiger partial charge in [-0.2, -0.15) is 0 Å². The molecule has 1 atom stereocenters. The van der Waals surface area contributed by atoms with E-state index in [1.807, 2.05) is 13.0 Å². The molecule has 74 valence electrons. The maximum Gasteiger partial charge on any atom is 0.313 e. The summed E-state index contributed by atoms with van der Waals surface area (Å²) in [6, 6.07) is 1.98. The molecule has 14 heavy (non-hydrogen) atoms. The lowest BCUT2D eigenvalue weighted by Crippen LogP contribution is -2.13. The standard InChI is InChI=1S/C11H13NO2/c1-2-14-11(13)9-4-3-8-5-6-12-7-10(8)9/h5-7,9H,2-4H2,1H3. The number of esters is 1. The highest BCUT2D eigenvalue weighted by Gasteiger charge is 2.29. The molecular formula is C11H13NO2. The van der Waals surface area contributed by atoms with Crippen molar-refractivity contribution in [1.29, 1.82) is 0 Å². The van der Waals surface area contributed by atoms with Crippen LogP contribution in [0.5, 0.6) is 0 Å². The number of nitrogens with zero attached hydrogens (tertiary/aromatic N) is 1. The van der Waals surface area contributed by atoms with Gasteiger partial charge in [-0.25, -0.2) is 0 Å². The molecule has 0 saturated carbocycles. The number of aromatic nitrogens is 1. The van der Waals surface area contributed by atoms with Crippen molar-refractivity contribution in [1.82, 2.24) is 4.98 Å². The molecule has 0 amide bonds. The molecule has 1 aliphatic carbocycles. The van der Waals surface area contributed by atoms with E-state index in [9.17, 15) is 4.79 Å². The molecule has 0 N–H and O–H groups in total. The highest BCUT2D eigenvalue weighted by molar-refractivity contribution is 5.79. The highest BCUT2D eigenvalue weighted by atomic mass is 16.5. The summed E-state index contributed by atoms with van der Waals surface area (Å²) in [5, 5.41) is 0. The van der Waals surface area contributed by atoms with E-state index >= 15 is 0 Å². The first-order valence-corrected chi connectivity index (χ1v) is 4.92. The Kier molecular flexibility index (Phi) is 2.48. The van der Waals surface area contributed by atoms with E-state index in [1.54, 1.807) is 12.4 Å². The normalized spacial score (nSPS) is 19.1. The lowest BCUT2D eigenvalue weighted by atomic mass is 10.0. The van der Waals surface area contributed by atoms with Crippen molar-refractivity contribution in [3.63, 3.8) is 0 Å². The Bertz CT molecular complexity index is 349. The van der Waals surface area contributed by atoms with Gasteiger partial charge in [0, 0.05) is 12.4 Å². The van der Waals surface area contributed by atoms with Crippen molar-refractivity contribution in [2.45, 2.75) is 25.7 Å². The van der Waals surface area contributed by atoms with E-state index in [1.165, 1.54) is 5.56 Å². The fourth-order valence-electron chi connectivity index (χ4n) is 1.92. The minimum absolute atomic E-state index is 0.0846. The lowest BCUT2D eigenvalue weighted by molar-refractivity contribution is -0.144. The van der Waals surface area contributed by atoms with Gasteiger partial charge < -0.3 is 4.74 Å². The molecule has 3 heteroatoms. The van der Waals surface area contributed by atoms with Crippen molar-refractivity contribution < 1.29 is 9.53 Å². The largest absolute Gasteiger partial charge is 0.466 e. The maximum atomic E-state index is 11.6. The zero-order valence-corrected chi connectivity index (χ0v) is 8.19. The van der Waals surface area contributed by atoms with Crippen LogP contribution in [0.15, 0.2) is 18.5 Å². The lowest BCUT2D eigenvalue weighted by Gasteiger charge is -2.09. The summed E-state index contributed by atoms with van der Waals surface area (Å²) in [6.45, 7) is 2.28. The second kappa shape index (κ2) is 3.78. The SMILES string of the molecule is CCOC(=O)C1CCc2ccncc21. The summed E-state index contributed by atoms with van der Waals surface area (Å²) in [5.41, 5.74) is 2.28. The minimum Gasteiger partial charge on any atom is -0.466 e. The Hall–Kier alpha value is -1.38. The van der Waals surface area contributed by atoms with Crippen LogP contribution in [0, 0.1) is 0 Å². The van der Waals surface area contributed by atoms with Crippen molar-refractivity contribution in [3.05, 3.63) is 29.6 Å². The van der Waals surface area contributed by atoms with Crippen LogP contribution in [0.3, 0.4) is 0 Å². The molecule has 0 radical (unpaired) electrons. The van der Waals surface area contributed by atoms with E-state index in [2.05, 4.69) is 4.98 Å². The van der Waals surface area contributed by atoms with Crippen molar-refractivity contribution in [2.75, 3.05) is 6.61 Å². The van der Waals surface area contributed by atoms with Gasteiger partial charge in [0.15, 0.2) is 0 Å². The smallest absolute Gasteiger partial charge is 0.313 e. The Labute approximate surface area is 83.1 Å². The number of aryl methyl sites for hydroxylation is 1. The van der Waals surface area contributed by atoms with E-state index < -0.39 is 0 Å². The van der Waals surface area contributed by atoms with Crippen LogP contribution in [-0.4, -0.2) is 17.6 Å². The minimum atomic E-state index is -0.112. The Balaban J connectivity index is 2.21. The third-order valence-electron chi connectivity index (χ3n) is 2.60. The van der Waals surface area contributed by atoms with Crippen molar-refractivity contribution in [2.24, 2.45) is 0 Å². The Morgan fingerprint density at radius 2 is 2.57 bits per heavy atom. The molecule has 0 saturated heterocycles. The van der Waals surface area contributed by atoms with Gasteiger partial charge in [0.2, 0.25) is 0 Å². The van der Waals surface area contributed by atoms with Gasteiger partial charge in [-0.3, -0.25) is 9.78 Å². The quantitative estimate of drug-likeness (QED) is 0.667. The number of hydrogen-bond acceptors (Lipinski definition) is 3. The first kappa shape index (κ1) is 9.19. The van der Waals surface area contributed by atoms with E-state index in [-0.39, 0.29) is 11.9 Å². The molecule has 1 heterocycles. The maximum absolute atomic E-state index is 11.6. The molecule has 1 unspecified atom stereocenters. The average molecular weight is 191 g/mol. The molecule has 0 fully saturated rings. The van der Waals surface area contributed by atoms with Gasteiger partial charge in [0.25, 0.3) is 0 Å². The van der Waals surface area contributed by atoms with Gasteiger partial charge in [0.05, 0.1) is 12.5 Å². The number of rotatable bonds is 2. The molecule has 0 aromatic carbocycles. The highest BCUT2D eigenvalue weighted by Crippen LogP contribution is 2.32. The molecule has 1 aromatic heterocycles. The molecule has 1 aromatic rings. The molecule has 2 rings (SSSR count). The van der Waals surface area contributed by atoms with E-state index in [4.69, 9.17) is 4.74 Å². The van der Waals surface area contributed by atoms with Gasteiger partial charge in [-0.1, -0.05) is 0 Å². The molecule has 3 nitrogen and oxygen atoms in total. The third kappa shape index (κ3) is 1.50. The van der Waals surface area contributed by atoms with Crippen LogP contribution in [0.2, 0.25) is 0 Å². The third-order valence-corrected chi connectivity index (χ3v) is 2.60. The summed E-state index contributed by atoms with van der Waals surface area (Å²) in [4.78, 5) is 15.6. The van der Waals surface area contributed by atoms with Gasteiger partial charge in [-0.15, -0.1) is 0 Å². The number of ether oxygens (including phenoxy) is 1. The fourth-order valence-corrected chi connectivity index (χ4v) is 1.92. The molecule has 1 aliphatic rings. The van der Waals surface area contributed by atoms with E-state index in [0.717, 1.165) is 18.4 Å². The van der Waals surface area contributed by atoms with Crippen LogP contribution in [-0.2, 0) is 16.0 Å². The first-order valence-electron chi connectivity index (χ1n) is 4.92. The summed E-state index contributed by atoms with van der Waals surface area (Å²) in [6.07, 6.45) is 5.37. The predicted molar refractivity (Wildman–Crippen MR) is 51.9 cm³/mol. The number of fused-ring (bicyclic) bond motifs is 1. The fraction of sp³-hybridized carbons (Fsp3) is 0.455. The van der Waals surface area contributed by atoms with Crippen LogP contribution in [0.1, 0.15) is 30.4 Å². The van der Waals surface area contributed by atoms with E-state index in [0.29, 0.717) is 6.61 Å². The van der Waals surface area contributed by atoms with Crippen LogP contribution < -0.4 is 0 Å². The molecule has 0 aliphatic heterocycles. The number of carbonyl (C=O) groups is 1. The second-order valence-corrected chi connectivity index (χ2v) is 3.42.